The molecule has 2 heterocycles. The fourth-order valence-electron chi connectivity index (χ4n) is 3.20. The van der Waals surface area contributed by atoms with Gasteiger partial charge in [-0.15, -0.1) is 0 Å². The molecule has 0 fully saturated rings. The summed E-state index contributed by atoms with van der Waals surface area (Å²) >= 11 is 6.06. The fourth-order valence-corrected chi connectivity index (χ4v) is 3.37. The first-order valence-electron chi connectivity index (χ1n) is 7.80. The molecule has 0 saturated heterocycles. The number of alkyl halides is 2. The molecule has 5 nitrogen and oxygen atoms in total. The van der Waals surface area contributed by atoms with Gasteiger partial charge >= 0.3 is 0 Å². The molecule has 0 bridgehead atoms. The van der Waals surface area contributed by atoms with Crippen molar-refractivity contribution in [3.63, 3.8) is 0 Å². The number of rotatable bonds is 3. The molecule has 1 aliphatic carbocycles. The Bertz CT molecular complexity index is 957. The molecule has 1 aromatic carbocycles. The predicted octanol–water partition coefficient (Wildman–Crippen LogP) is 4.49. The topological polar surface area (TPSA) is 62.8 Å². The number of methoxy groups -OCH3 is 1. The van der Waals surface area contributed by atoms with Gasteiger partial charge in [0.25, 0.3) is 5.92 Å². The number of benzene rings is 1. The smallest absolute Gasteiger partial charge is 0.252 e. The summed E-state index contributed by atoms with van der Waals surface area (Å²) in [5.74, 6) is -1.70. The Labute approximate surface area is 147 Å². The molecule has 2 N–H and O–H groups in total. The van der Waals surface area contributed by atoms with Crippen molar-refractivity contribution < 1.29 is 13.5 Å². The number of aromatic nitrogens is 3. The highest BCUT2D eigenvalue weighted by molar-refractivity contribution is 6.31. The van der Waals surface area contributed by atoms with Gasteiger partial charge in [-0.3, -0.25) is 0 Å². The van der Waals surface area contributed by atoms with Gasteiger partial charge < -0.3 is 15.0 Å². The standard InChI is InChI=1S/C17H15ClF2N4O/c1-25-13-3-2-9(18)6-12(13)24-16-14-10-7-17(19,20)5-4-11(10)23-15(14)21-8-22-16/h2-3,6,8H,4-5,7H2,1H3,(H2,21,22,23,24). The van der Waals surface area contributed by atoms with Gasteiger partial charge in [0, 0.05) is 23.6 Å². The summed E-state index contributed by atoms with van der Waals surface area (Å²) in [5, 5.41) is 4.25. The largest absolute Gasteiger partial charge is 0.495 e. The highest BCUT2D eigenvalue weighted by atomic mass is 35.5. The van der Waals surface area contributed by atoms with Crippen LogP contribution in [0.2, 0.25) is 5.02 Å². The minimum atomic E-state index is -2.72. The molecule has 3 aromatic rings. The number of aromatic amines is 1. The molecule has 0 spiro atoms. The van der Waals surface area contributed by atoms with E-state index in [0.29, 0.717) is 45.3 Å². The molecule has 4 rings (SSSR count). The van der Waals surface area contributed by atoms with Gasteiger partial charge in [-0.2, -0.15) is 0 Å². The van der Waals surface area contributed by atoms with E-state index in [1.54, 1.807) is 25.3 Å². The lowest BCUT2D eigenvalue weighted by Gasteiger charge is -2.22. The van der Waals surface area contributed by atoms with Crippen LogP contribution in [0.25, 0.3) is 11.0 Å². The normalized spacial score (nSPS) is 15.8. The number of nitrogens with one attached hydrogen (secondary N) is 2. The number of aryl methyl sites for hydroxylation is 1. The average Bonchev–Trinajstić information content (AvgIpc) is 2.93. The SMILES string of the molecule is COc1ccc(Cl)cc1Nc1ncnc2[nH]c3c(c12)CC(F)(F)CC3. The molecule has 8 heteroatoms. The zero-order chi connectivity index (χ0) is 17.6. The molecule has 0 aliphatic heterocycles. The summed E-state index contributed by atoms with van der Waals surface area (Å²) < 4.78 is 33.1. The highest BCUT2D eigenvalue weighted by Crippen LogP contribution is 2.39. The van der Waals surface area contributed by atoms with Crippen molar-refractivity contribution in [1.29, 1.82) is 0 Å². The van der Waals surface area contributed by atoms with E-state index >= 15 is 0 Å². The van der Waals surface area contributed by atoms with Crippen LogP contribution in [0.1, 0.15) is 17.7 Å². The van der Waals surface area contributed by atoms with Crippen LogP contribution in [0.3, 0.4) is 0 Å². The van der Waals surface area contributed by atoms with Gasteiger partial charge in [-0.25, -0.2) is 18.7 Å². The van der Waals surface area contributed by atoms with Gasteiger partial charge in [-0.05, 0) is 30.2 Å². The van der Waals surface area contributed by atoms with Crippen LogP contribution in [0, 0.1) is 0 Å². The Balaban J connectivity index is 1.84. The molecule has 2 aromatic heterocycles. The zero-order valence-corrected chi connectivity index (χ0v) is 14.1. The van der Waals surface area contributed by atoms with E-state index in [4.69, 9.17) is 16.3 Å². The van der Waals surface area contributed by atoms with Gasteiger partial charge in [0.2, 0.25) is 0 Å². The second-order valence-electron chi connectivity index (χ2n) is 6.03. The fraction of sp³-hybridized carbons (Fsp3) is 0.294. The molecule has 25 heavy (non-hydrogen) atoms. The van der Waals surface area contributed by atoms with Gasteiger partial charge in [0.1, 0.15) is 23.5 Å². The number of nitrogens with zero attached hydrogens (tertiary/aromatic N) is 2. The van der Waals surface area contributed by atoms with Crippen LogP contribution in [-0.2, 0) is 12.8 Å². The van der Waals surface area contributed by atoms with Crippen LogP contribution >= 0.6 is 11.6 Å². The average molecular weight is 365 g/mol. The summed E-state index contributed by atoms with van der Waals surface area (Å²) in [5.41, 5.74) is 2.51. The molecule has 0 unspecified atom stereocenters. The quantitative estimate of drug-likeness (QED) is 0.719. The first kappa shape index (κ1) is 16.1. The molecule has 0 amide bonds. The van der Waals surface area contributed by atoms with Crippen LogP contribution in [-0.4, -0.2) is 28.0 Å². The Kier molecular flexibility index (Phi) is 3.76. The molecule has 0 saturated carbocycles. The first-order valence-corrected chi connectivity index (χ1v) is 8.17. The monoisotopic (exact) mass is 364 g/mol. The lowest BCUT2D eigenvalue weighted by atomic mass is 9.93. The minimum absolute atomic E-state index is 0.162. The van der Waals surface area contributed by atoms with Crippen molar-refractivity contribution in [3.05, 3.63) is 40.8 Å². The summed E-state index contributed by atoms with van der Waals surface area (Å²) in [6.07, 6.45) is 1.20. The number of hydrogen-bond donors (Lipinski definition) is 2. The van der Waals surface area contributed by atoms with E-state index in [1.807, 2.05) is 0 Å². The van der Waals surface area contributed by atoms with E-state index in [0.717, 1.165) is 5.69 Å². The molecular formula is C17H15ClF2N4O. The van der Waals surface area contributed by atoms with Crippen molar-refractivity contribution in [2.45, 2.75) is 25.2 Å². The van der Waals surface area contributed by atoms with E-state index in [2.05, 4.69) is 20.3 Å². The van der Waals surface area contributed by atoms with Gasteiger partial charge in [0.15, 0.2) is 0 Å². The maximum absolute atomic E-state index is 13.9. The number of fused-ring (bicyclic) bond motifs is 3. The number of halogens is 3. The Hall–Kier alpha value is -2.41. The third kappa shape index (κ3) is 2.89. The zero-order valence-electron chi connectivity index (χ0n) is 13.4. The second kappa shape index (κ2) is 5.84. The summed E-state index contributed by atoms with van der Waals surface area (Å²) in [7, 11) is 1.54. The van der Waals surface area contributed by atoms with Crippen LogP contribution in [0.15, 0.2) is 24.5 Å². The number of hydrogen-bond acceptors (Lipinski definition) is 4. The molecule has 0 radical (unpaired) electrons. The summed E-state index contributed by atoms with van der Waals surface area (Å²) in [6.45, 7) is 0. The summed E-state index contributed by atoms with van der Waals surface area (Å²) in [4.78, 5) is 11.6. The second-order valence-corrected chi connectivity index (χ2v) is 6.47. The van der Waals surface area contributed by atoms with Crippen LogP contribution < -0.4 is 10.1 Å². The van der Waals surface area contributed by atoms with Crippen molar-refractivity contribution >= 4 is 34.1 Å². The Morgan fingerprint density at radius 3 is 2.96 bits per heavy atom. The van der Waals surface area contributed by atoms with Crippen LogP contribution in [0.5, 0.6) is 5.75 Å². The first-order chi connectivity index (χ1) is 12.0. The molecule has 1 aliphatic rings. The highest BCUT2D eigenvalue weighted by Gasteiger charge is 2.36. The number of H-pyrrole nitrogens is 1. The maximum atomic E-state index is 13.9. The third-order valence-electron chi connectivity index (χ3n) is 4.37. The van der Waals surface area contributed by atoms with E-state index < -0.39 is 5.92 Å². The van der Waals surface area contributed by atoms with Crippen molar-refractivity contribution in [2.24, 2.45) is 0 Å². The van der Waals surface area contributed by atoms with Crippen molar-refractivity contribution in [3.8, 4) is 5.75 Å². The van der Waals surface area contributed by atoms with Crippen LogP contribution in [0.4, 0.5) is 20.3 Å². The summed E-state index contributed by atoms with van der Waals surface area (Å²) in [6, 6.07) is 5.13. The van der Waals surface area contributed by atoms with Gasteiger partial charge in [0.05, 0.1) is 18.2 Å². The van der Waals surface area contributed by atoms with Crippen molar-refractivity contribution in [1.82, 2.24) is 15.0 Å². The number of ether oxygens (including phenoxy) is 1. The van der Waals surface area contributed by atoms with Crippen molar-refractivity contribution in [2.75, 3.05) is 12.4 Å². The van der Waals surface area contributed by atoms with E-state index in [1.165, 1.54) is 6.33 Å². The third-order valence-corrected chi connectivity index (χ3v) is 4.61. The Morgan fingerprint density at radius 1 is 1.32 bits per heavy atom. The minimum Gasteiger partial charge on any atom is -0.495 e. The molecule has 130 valence electrons. The predicted molar refractivity (Wildman–Crippen MR) is 92.1 cm³/mol. The lowest BCUT2D eigenvalue weighted by molar-refractivity contribution is -0.0121. The maximum Gasteiger partial charge on any atom is 0.252 e. The van der Waals surface area contributed by atoms with E-state index in [9.17, 15) is 8.78 Å². The molecule has 0 atom stereocenters. The Morgan fingerprint density at radius 2 is 2.16 bits per heavy atom. The lowest BCUT2D eigenvalue weighted by Crippen LogP contribution is -2.25. The van der Waals surface area contributed by atoms with Gasteiger partial charge in [-0.1, -0.05) is 11.6 Å². The number of anilines is 2. The molecular weight excluding hydrogens is 350 g/mol. The van der Waals surface area contributed by atoms with E-state index in [-0.39, 0.29) is 12.8 Å².